The van der Waals surface area contributed by atoms with Gasteiger partial charge in [-0.05, 0) is 53.8 Å². The van der Waals surface area contributed by atoms with Gasteiger partial charge in [-0.3, -0.25) is 0 Å². The zero-order chi connectivity index (χ0) is 18.4. The number of carbonyl (C=O) groups excluding carboxylic acids is 1. The maximum atomic E-state index is 12.4. The predicted molar refractivity (Wildman–Crippen MR) is 106 cm³/mol. The van der Waals surface area contributed by atoms with Crippen molar-refractivity contribution in [3.05, 3.63) is 50.6 Å². The lowest BCUT2D eigenvalue weighted by Crippen LogP contribution is -2.41. The van der Waals surface area contributed by atoms with E-state index in [1.165, 1.54) is 0 Å². The molecule has 2 amide bonds. The molecule has 1 unspecified atom stereocenters. The van der Waals surface area contributed by atoms with Crippen molar-refractivity contribution in [1.29, 1.82) is 0 Å². The van der Waals surface area contributed by atoms with Crippen LogP contribution in [0, 0.1) is 0 Å². The van der Waals surface area contributed by atoms with Gasteiger partial charge in [-0.1, -0.05) is 12.1 Å². The molecule has 25 heavy (non-hydrogen) atoms. The maximum Gasteiger partial charge on any atom is 0.317 e. The number of amides is 2. The van der Waals surface area contributed by atoms with E-state index < -0.39 is 0 Å². The molecule has 7 heteroatoms. The van der Waals surface area contributed by atoms with Crippen molar-refractivity contribution < 1.29 is 9.53 Å². The van der Waals surface area contributed by atoms with Gasteiger partial charge >= 0.3 is 6.03 Å². The molecule has 0 fully saturated rings. The molecule has 0 aliphatic heterocycles. The van der Waals surface area contributed by atoms with Gasteiger partial charge < -0.3 is 19.9 Å². The first-order valence-corrected chi connectivity index (χ1v) is 9.60. The minimum absolute atomic E-state index is 0.0725. The van der Waals surface area contributed by atoms with E-state index in [4.69, 9.17) is 4.74 Å². The highest BCUT2D eigenvalue weighted by atomic mass is 79.9. The molecular weight excluding hydrogens is 402 g/mol. The fraction of sp³-hybridized carbons (Fsp3) is 0.389. The lowest BCUT2D eigenvalue weighted by Gasteiger charge is -2.26. The fourth-order valence-electron chi connectivity index (χ4n) is 2.51. The Hall–Kier alpha value is -1.57. The summed E-state index contributed by atoms with van der Waals surface area (Å²) in [5.74, 6) is 0.816. The largest absolute Gasteiger partial charge is 0.497 e. The summed E-state index contributed by atoms with van der Waals surface area (Å²) in [6.07, 6.45) is 0. The Kier molecular flexibility index (Phi) is 7.28. The van der Waals surface area contributed by atoms with E-state index >= 15 is 0 Å². The minimum atomic E-state index is -0.0840. The molecule has 1 aromatic heterocycles. The zero-order valence-electron chi connectivity index (χ0n) is 15.0. The van der Waals surface area contributed by atoms with E-state index in [0.29, 0.717) is 13.1 Å². The van der Waals surface area contributed by atoms with E-state index in [9.17, 15) is 4.79 Å². The van der Waals surface area contributed by atoms with Crippen molar-refractivity contribution in [2.75, 3.05) is 34.8 Å². The third kappa shape index (κ3) is 5.73. The maximum absolute atomic E-state index is 12.4. The summed E-state index contributed by atoms with van der Waals surface area (Å²) in [5, 5.41) is 5.04. The number of thiophene rings is 1. The average Bonchev–Trinajstić information content (AvgIpc) is 2.99. The monoisotopic (exact) mass is 425 g/mol. The number of carbonyl (C=O) groups is 1. The number of methoxy groups -OCH3 is 1. The van der Waals surface area contributed by atoms with Gasteiger partial charge in [-0.15, -0.1) is 11.3 Å². The Labute approximate surface area is 161 Å². The van der Waals surface area contributed by atoms with Crippen LogP contribution in [0.2, 0.25) is 0 Å². The molecule has 1 aromatic carbocycles. The Bertz CT molecular complexity index is 705. The highest BCUT2D eigenvalue weighted by Crippen LogP contribution is 2.23. The number of likely N-dealkylation sites (N-methyl/N-ethyl adjacent to an activating group) is 1. The minimum Gasteiger partial charge on any atom is -0.497 e. The van der Waals surface area contributed by atoms with Crippen LogP contribution in [0.25, 0.3) is 0 Å². The van der Waals surface area contributed by atoms with Gasteiger partial charge in [0, 0.05) is 28.3 Å². The highest BCUT2D eigenvalue weighted by Gasteiger charge is 2.17. The first-order chi connectivity index (χ1) is 11.9. The third-order valence-electron chi connectivity index (χ3n) is 3.91. The van der Waals surface area contributed by atoms with Crippen LogP contribution in [0.1, 0.15) is 16.5 Å². The van der Waals surface area contributed by atoms with Crippen molar-refractivity contribution in [3.63, 3.8) is 0 Å². The number of halogens is 1. The number of hydrogen-bond acceptors (Lipinski definition) is 4. The van der Waals surface area contributed by atoms with Gasteiger partial charge in [0.05, 0.1) is 19.7 Å². The molecule has 1 atom stereocenters. The number of rotatable bonds is 7. The van der Waals surface area contributed by atoms with Gasteiger partial charge in [0.1, 0.15) is 5.75 Å². The fourth-order valence-corrected chi connectivity index (χ4v) is 4.01. The molecule has 1 heterocycles. The molecule has 5 nitrogen and oxygen atoms in total. The quantitative estimate of drug-likeness (QED) is 0.729. The van der Waals surface area contributed by atoms with Crippen molar-refractivity contribution in [3.8, 4) is 5.75 Å². The number of benzene rings is 1. The number of nitrogens with one attached hydrogen (secondary N) is 1. The number of nitrogens with zero attached hydrogens (tertiary/aromatic N) is 2. The molecule has 0 saturated heterocycles. The van der Waals surface area contributed by atoms with E-state index in [1.54, 1.807) is 30.4 Å². The van der Waals surface area contributed by atoms with E-state index in [-0.39, 0.29) is 12.1 Å². The van der Waals surface area contributed by atoms with Crippen LogP contribution in [0.3, 0.4) is 0 Å². The van der Waals surface area contributed by atoms with Crippen LogP contribution < -0.4 is 10.1 Å². The Morgan fingerprint density at radius 2 is 2.08 bits per heavy atom. The Morgan fingerprint density at radius 1 is 1.32 bits per heavy atom. The summed E-state index contributed by atoms with van der Waals surface area (Å²) in [5.41, 5.74) is 1.11. The molecule has 0 aliphatic rings. The van der Waals surface area contributed by atoms with Crippen molar-refractivity contribution in [2.45, 2.75) is 12.6 Å². The SMILES string of the molecule is COc1cccc(C(CNC(=O)N(C)Cc2cc(Br)cs2)N(C)C)c1. The summed E-state index contributed by atoms with van der Waals surface area (Å²) in [4.78, 5) is 17.3. The molecule has 136 valence electrons. The average molecular weight is 426 g/mol. The second kappa shape index (κ2) is 9.22. The lowest BCUT2D eigenvalue weighted by molar-refractivity contribution is 0.201. The molecule has 0 aliphatic carbocycles. The van der Waals surface area contributed by atoms with Crippen LogP contribution in [0.15, 0.2) is 40.2 Å². The molecule has 2 rings (SSSR count). The smallest absolute Gasteiger partial charge is 0.317 e. The molecule has 2 aromatic rings. The normalized spacial score (nSPS) is 12.1. The number of urea groups is 1. The molecular formula is C18H24BrN3O2S. The van der Waals surface area contributed by atoms with E-state index in [1.807, 2.05) is 49.8 Å². The molecule has 1 N–H and O–H groups in total. The molecule has 0 spiro atoms. The highest BCUT2D eigenvalue weighted by molar-refractivity contribution is 9.10. The third-order valence-corrected chi connectivity index (χ3v) is 5.59. The zero-order valence-corrected chi connectivity index (χ0v) is 17.4. The standard InChI is InChI=1S/C18H24BrN3O2S/c1-21(2)17(13-6-5-7-15(8-13)24-4)10-20-18(23)22(3)11-16-9-14(19)12-25-16/h5-9,12,17H,10-11H2,1-4H3,(H,20,23). The van der Waals surface area contributed by atoms with Crippen LogP contribution in [0.5, 0.6) is 5.75 Å². The predicted octanol–water partition coefficient (Wildman–Crippen LogP) is 3.96. The number of hydrogen-bond donors (Lipinski definition) is 1. The van der Waals surface area contributed by atoms with Crippen LogP contribution >= 0.6 is 27.3 Å². The van der Waals surface area contributed by atoms with Crippen LogP contribution in [-0.2, 0) is 6.54 Å². The van der Waals surface area contributed by atoms with Gasteiger partial charge in [0.25, 0.3) is 0 Å². The molecule has 0 radical (unpaired) electrons. The second-order valence-corrected chi connectivity index (χ2v) is 7.94. The topological polar surface area (TPSA) is 44.8 Å². The lowest BCUT2D eigenvalue weighted by atomic mass is 10.1. The Morgan fingerprint density at radius 3 is 2.68 bits per heavy atom. The Balaban J connectivity index is 1.96. The van der Waals surface area contributed by atoms with Crippen molar-refractivity contribution in [2.24, 2.45) is 0 Å². The van der Waals surface area contributed by atoms with Gasteiger partial charge in [0.2, 0.25) is 0 Å². The van der Waals surface area contributed by atoms with E-state index in [2.05, 4.69) is 26.1 Å². The van der Waals surface area contributed by atoms with Gasteiger partial charge in [0.15, 0.2) is 0 Å². The number of ether oxygens (including phenoxy) is 1. The summed E-state index contributed by atoms with van der Waals surface area (Å²) < 4.78 is 6.35. The molecule has 0 bridgehead atoms. The van der Waals surface area contributed by atoms with E-state index in [0.717, 1.165) is 20.7 Å². The summed E-state index contributed by atoms with van der Waals surface area (Å²) >= 11 is 5.07. The summed E-state index contributed by atoms with van der Waals surface area (Å²) in [6.45, 7) is 1.12. The first kappa shape index (κ1) is 19.8. The van der Waals surface area contributed by atoms with Gasteiger partial charge in [-0.2, -0.15) is 0 Å². The summed E-state index contributed by atoms with van der Waals surface area (Å²) in [6, 6.07) is 9.96. The van der Waals surface area contributed by atoms with Crippen LogP contribution in [-0.4, -0.2) is 50.6 Å². The second-order valence-electron chi connectivity index (χ2n) is 6.03. The summed E-state index contributed by atoms with van der Waals surface area (Å²) in [7, 11) is 7.47. The van der Waals surface area contributed by atoms with Gasteiger partial charge in [-0.25, -0.2) is 4.79 Å². The first-order valence-electron chi connectivity index (χ1n) is 7.93. The molecule has 0 saturated carbocycles. The van der Waals surface area contributed by atoms with Crippen molar-refractivity contribution >= 4 is 33.3 Å². The van der Waals surface area contributed by atoms with Crippen LogP contribution in [0.4, 0.5) is 4.79 Å². The van der Waals surface area contributed by atoms with Crippen molar-refractivity contribution in [1.82, 2.24) is 15.1 Å².